The highest BCUT2D eigenvalue weighted by Crippen LogP contribution is 2.42. The second-order valence-corrected chi connectivity index (χ2v) is 11.8. The minimum absolute atomic E-state index is 0.00234. The molecule has 0 radical (unpaired) electrons. The van der Waals surface area contributed by atoms with E-state index in [4.69, 9.17) is 21.1 Å². The van der Waals surface area contributed by atoms with Gasteiger partial charge in [0.1, 0.15) is 12.1 Å². The zero-order valence-electron chi connectivity index (χ0n) is 24.5. The Morgan fingerprint density at radius 2 is 1.73 bits per heavy atom. The van der Waals surface area contributed by atoms with Crippen LogP contribution in [0, 0.1) is 11.8 Å². The van der Waals surface area contributed by atoms with E-state index in [0.29, 0.717) is 31.4 Å². The quantitative estimate of drug-likeness (QED) is 0.286. The molecule has 4 rings (SSSR count). The number of nitrogens with one attached hydrogen (secondary N) is 3. The van der Waals surface area contributed by atoms with Crippen LogP contribution in [0.2, 0.25) is 5.02 Å². The maximum Gasteiger partial charge on any atom is 0.408 e. The summed E-state index contributed by atoms with van der Waals surface area (Å²) in [6.45, 7) is 0.456. The van der Waals surface area contributed by atoms with Gasteiger partial charge in [0.25, 0.3) is 0 Å². The predicted octanol–water partition coefficient (Wildman–Crippen LogP) is 4.90. The van der Waals surface area contributed by atoms with Crippen LogP contribution in [0.5, 0.6) is 0 Å². The number of halogens is 3. The monoisotopic (exact) mass is 633 g/mol. The Balaban J connectivity index is 1.55. The highest BCUT2D eigenvalue weighted by Gasteiger charge is 2.49. The van der Waals surface area contributed by atoms with Crippen LogP contribution in [0.1, 0.15) is 56.1 Å². The van der Waals surface area contributed by atoms with Crippen molar-refractivity contribution in [1.29, 1.82) is 0 Å². The maximum absolute atomic E-state index is 16.0. The third-order valence-electron chi connectivity index (χ3n) is 8.26. The van der Waals surface area contributed by atoms with Crippen molar-refractivity contribution in [2.45, 2.75) is 75.5 Å². The van der Waals surface area contributed by atoms with E-state index in [1.807, 2.05) is 0 Å². The van der Waals surface area contributed by atoms with E-state index < -0.39 is 53.9 Å². The first-order valence-electron chi connectivity index (χ1n) is 14.9. The molecule has 1 unspecified atom stereocenters. The molecule has 1 heterocycles. The molecule has 3 N–H and O–H groups in total. The number of amides is 3. The molecule has 1 saturated carbocycles. The lowest BCUT2D eigenvalue weighted by Gasteiger charge is -2.35. The van der Waals surface area contributed by atoms with Gasteiger partial charge in [-0.25, -0.2) is 9.59 Å². The lowest BCUT2D eigenvalue weighted by Crippen LogP contribution is -2.54. The summed E-state index contributed by atoms with van der Waals surface area (Å²) in [5, 5.41) is 7.89. The molecular weight excluding hydrogens is 596 g/mol. The van der Waals surface area contributed by atoms with Crippen LogP contribution in [0.3, 0.4) is 0 Å². The number of benzene rings is 2. The number of alkyl halides is 2. The lowest BCUT2D eigenvalue weighted by molar-refractivity contribution is -0.147. The Labute approximate surface area is 260 Å². The van der Waals surface area contributed by atoms with Gasteiger partial charge in [0.05, 0.1) is 7.11 Å². The molecule has 12 heteroatoms. The summed E-state index contributed by atoms with van der Waals surface area (Å²) < 4.78 is 42.3. The van der Waals surface area contributed by atoms with E-state index in [1.54, 1.807) is 30.3 Å². The number of hydrogen-bond donors (Lipinski definition) is 3. The van der Waals surface area contributed by atoms with E-state index in [0.717, 1.165) is 25.3 Å². The van der Waals surface area contributed by atoms with E-state index in [1.165, 1.54) is 25.3 Å². The molecule has 2 aliphatic rings. The number of carbonyl (C=O) groups excluding carboxylic acids is 4. The van der Waals surface area contributed by atoms with Crippen LogP contribution in [-0.2, 0) is 36.2 Å². The molecule has 1 aliphatic heterocycles. The van der Waals surface area contributed by atoms with Gasteiger partial charge < -0.3 is 25.4 Å². The summed E-state index contributed by atoms with van der Waals surface area (Å²) in [6, 6.07) is 11.6. The van der Waals surface area contributed by atoms with Gasteiger partial charge in [-0.05, 0) is 43.4 Å². The Kier molecular flexibility index (Phi) is 11.5. The second-order valence-electron chi connectivity index (χ2n) is 11.3. The molecule has 2 fully saturated rings. The van der Waals surface area contributed by atoms with Gasteiger partial charge in [-0.1, -0.05) is 73.3 Å². The van der Waals surface area contributed by atoms with Crippen molar-refractivity contribution in [3.63, 3.8) is 0 Å². The number of carbonyl (C=O) groups is 4. The number of esters is 1. The molecule has 238 valence electrons. The number of methoxy groups -OCH3 is 1. The van der Waals surface area contributed by atoms with E-state index in [9.17, 15) is 19.2 Å². The lowest BCUT2D eigenvalue weighted by atomic mass is 9.81. The normalized spacial score (nSPS) is 19.3. The first-order chi connectivity index (χ1) is 21.1. The summed E-state index contributed by atoms with van der Waals surface area (Å²) in [4.78, 5) is 51.6. The van der Waals surface area contributed by atoms with Crippen LogP contribution in [0.4, 0.5) is 13.6 Å². The standard InChI is InChI=1S/C32H38ClF2N3O6/c1-43-30(41)26(18-22-15-16-36-28(22)39)37-29(40)25(17-20-9-4-2-5-10-20)38-31(42)44-27(21-11-6-3-7-12-21)32(34,35)23-13-8-14-24(33)19-23/h2,4-5,8-10,13-14,19,21-22,25-27H,3,6-7,11-12,15-18H2,1H3,(H,36,39)(H,37,40)(H,38,42)/t22-,25-,26-,27?/m0/s1. The first kappa shape index (κ1) is 33.2. The summed E-state index contributed by atoms with van der Waals surface area (Å²) in [7, 11) is 1.17. The Bertz CT molecular complexity index is 1310. The van der Waals surface area contributed by atoms with Crippen molar-refractivity contribution in [3.05, 3.63) is 70.7 Å². The molecule has 1 saturated heterocycles. The first-order valence-corrected chi connectivity index (χ1v) is 15.3. The molecular formula is C32H38ClF2N3O6. The highest BCUT2D eigenvalue weighted by atomic mass is 35.5. The number of ether oxygens (including phenoxy) is 2. The molecule has 4 atom stereocenters. The van der Waals surface area contributed by atoms with Crippen molar-refractivity contribution in [3.8, 4) is 0 Å². The van der Waals surface area contributed by atoms with Crippen molar-refractivity contribution in [1.82, 2.24) is 16.0 Å². The van der Waals surface area contributed by atoms with E-state index >= 15 is 8.78 Å². The maximum atomic E-state index is 16.0. The van der Waals surface area contributed by atoms with Gasteiger partial charge in [-0.15, -0.1) is 0 Å². The summed E-state index contributed by atoms with van der Waals surface area (Å²) >= 11 is 6.01. The molecule has 9 nitrogen and oxygen atoms in total. The van der Waals surface area contributed by atoms with Gasteiger partial charge in [0.2, 0.25) is 11.8 Å². The molecule has 0 aromatic heterocycles. The van der Waals surface area contributed by atoms with Crippen molar-refractivity contribution < 1.29 is 37.4 Å². The summed E-state index contributed by atoms with van der Waals surface area (Å²) in [6.07, 6.45) is 0.754. The SMILES string of the molecule is COC(=O)[C@H](C[C@@H]1CCNC1=O)NC(=O)[C@H](Cc1ccccc1)NC(=O)OC(C1CCCCC1)C(F)(F)c1cccc(Cl)c1. The molecule has 2 aromatic rings. The van der Waals surface area contributed by atoms with Crippen LogP contribution in [0.25, 0.3) is 0 Å². The zero-order valence-corrected chi connectivity index (χ0v) is 25.3. The second kappa shape index (κ2) is 15.3. The minimum atomic E-state index is -3.56. The molecule has 1 aliphatic carbocycles. The highest BCUT2D eigenvalue weighted by molar-refractivity contribution is 6.30. The summed E-state index contributed by atoms with van der Waals surface area (Å²) in [5.41, 5.74) is 0.301. The Morgan fingerprint density at radius 3 is 2.36 bits per heavy atom. The minimum Gasteiger partial charge on any atom is -0.467 e. The average Bonchev–Trinajstić information content (AvgIpc) is 3.43. The molecule has 0 spiro atoms. The third kappa shape index (κ3) is 8.68. The van der Waals surface area contributed by atoms with E-state index in [2.05, 4.69) is 16.0 Å². The number of rotatable bonds is 12. The fraction of sp³-hybridized carbons (Fsp3) is 0.500. The van der Waals surface area contributed by atoms with Gasteiger partial charge in [-0.3, -0.25) is 9.59 Å². The number of hydrogen-bond acceptors (Lipinski definition) is 6. The molecule has 44 heavy (non-hydrogen) atoms. The molecule has 3 amide bonds. The van der Waals surface area contributed by atoms with E-state index in [-0.39, 0.29) is 29.3 Å². The van der Waals surface area contributed by atoms with Crippen LogP contribution in [-0.4, -0.2) is 55.7 Å². The van der Waals surface area contributed by atoms with Crippen molar-refractivity contribution in [2.75, 3.05) is 13.7 Å². The zero-order chi connectivity index (χ0) is 31.7. The average molecular weight is 634 g/mol. The fourth-order valence-corrected chi connectivity index (χ4v) is 6.09. The largest absolute Gasteiger partial charge is 0.467 e. The topological polar surface area (TPSA) is 123 Å². The third-order valence-corrected chi connectivity index (χ3v) is 8.49. The van der Waals surface area contributed by atoms with Gasteiger partial charge >= 0.3 is 18.0 Å². The predicted molar refractivity (Wildman–Crippen MR) is 159 cm³/mol. The summed E-state index contributed by atoms with van der Waals surface area (Å²) in [5.74, 6) is -6.40. The van der Waals surface area contributed by atoms with Gasteiger partial charge in [0, 0.05) is 35.4 Å². The van der Waals surface area contributed by atoms with Crippen molar-refractivity contribution in [2.24, 2.45) is 11.8 Å². The fourth-order valence-electron chi connectivity index (χ4n) is 5.90. The van der Waals surface area contributed by atoms with Gasteiger partial charge in [0.15, 0.2) is 6.10 Å². The van der Waals surface area contributed by atoms with Crippen LogP contribution in [0.15, 0.2) is 54.6 Å². The van der Waals surface area contributed by atoms with Gasteiger partial charge in [-0.2, -0.15) is 8.78 Å². The van der Waals surface area contributed by atoms with Crippen LogP contribution >= 0.6 is 11.6 Å². The Morgan fingerprint density at radius 1 is 1.00 bits per heavy atom. The molecule has 0 bridgehead atoms. The van der Waals surface area contributed by atoms with Crippen LogP contribution < -0.4 is 16.0 Å². The number of alkyl carbamates (subject to hydrolysis) is 1. The Hall–Kier alpha value is -3.73. The van der Waals surface area contributed by atoms with Crippen molar-refractivity contribution >= 4 is 35.5 Å². The molecule has 2 aromatic carbocycles. The smallest absolute Gasteiger partial charge is 0.408 e.